The lowest BCUT2D eigenvalue weighted by atomic mass is 9.97. The Balaban J connectivity index is 1.36. The predicted octanol–water partition coefficient (Wildman–Crippen LogP) is 3.82. The van der Waals surface area contributed by atoms with Gasteiger partial charge in [0.25, 0.3) is 0 Å². The summed E-state index contributed by atoms with van der Waals surface area (Å²) in [7, 11) is 0. The molecule has 0 bridgehead atoms. The highest BCUT2D eigenvalue weighted by Gasteiger charge is 2.29. The molecule has 1 saturated carbocycles. The van der Waals surface area contributed by atoms with E-state index in [9.17, 15) is 4.79 Å². The number of nitrogens with zero attached hydrogens (tertiary/aromatic N) is 1. The zero-order valence-electron chi connectivity index (χ0n) is 16.3. The van der Waals surface area contributed by atoms with Crippen molar-refractivity contribution in [2.24, 2.45) is 0 Å². The van der Waals surface area contributed by atoms with Gasteiger partial charge in [0.1, 0.15) is 13.2 Å². The van der Waals surface area contributed by atoms with Gasteiger partial charge in [-0.25, -0.2) is 0 Å². The van der Waals surface area contributed by atoms with E-state index >= 15 is 0 Å². The first-order valence-corrected chi connectivity index (χ1v) is 10.7. The fraction of sp³-hybridized carbons (Fsp3) is 0.682. The molecule has 27 heavy (non-hydrogen) atoms. The maximum atomic E-state index is 12.7. The molecular formula is C22H32N2O3. The number of carbonyl (C=O) groups excluding carboxylic acids is 1. The summed E-state index contributed by atoms with van der Waals surface area (Å²) in [4.78, 5) is 15.0. The van der Waals surface area contributed by atoms with Crippen LogP contribution in [0.1, 0.15) is 69.4 Å². The van der Waals surface area contributed by atoms with Crippen LogP contribution in [0.15, 0.2) is 18.2 Å². The van der Waals surface area contributed by atoms with E-state index in [1.807, 2.05) is 6.07 Å². The largest absolute Gasteiger partial charge is 0.486 e. The summed E-state index contributed by atoms with van der Waals surface area (Å²) in [5.41, 5.74) is 1.23. The Hall–Kier alpha value is -1.75. The van der Waals surface area contributed by atoms with E-state index in [0.717, 1.165) is 43.7 Å². The van der Waals surface area contributed by atoms with Crippen LogP contribution in [0.25, 0.3) is 0 Å². The van der Waals surface area contributed by atoms with Crippen molar-refractivity contribution in [1.82, 2.24) is 10.2 Å². The van der Waals surface area contributed by atoms with Gasteiger partial charge in [0.15, 0.2) is 11.5 Å². The van der Waals surface area contributed by atoms with Gasteiger partial charge in [-0.05, 0) is 49.9 Å². The summed E-state index contributed by atoms with van der Waals surface area (Å²) < 4.78 is 11.4. The zero-order chi connectivity index (χ0) is 18.5. The number of hydrogen-bond donors (Lipinski definition) is 1. The molecule has 2 aliphatic heterocycles. The number of likely N-dealkylation sites (tertiary alicyclic amines) is 1. The second-order valence-corrected chi connectivity index (χ2v) is 8.14. The van der Waals surface area contributed by atoms with Crippen molar-refractivity contribution in [3.05, 3.63) is 23.8 Å². The van der Waals surface area contributed by atoms with Gasteiger partial charge >= 0.3 is 0 Å². The minimum absolute atomic E-state index is 0.185. The molecule has 3 aliphatic rings. The molecule has 5 nitrogen and oxygen atoms in total. The Kier molecular flexibility index (Phi) is 6.17. The Bertz CT molecular complexity index is 640. The standard InChI is InChI=1S/C22H32N2O3/c25-22(23-18-7-4-2-1-3-5-8-18)16-24-12-6-9-19(24)17-10-11-20-21(15-17)27-14-13-26-20/h10-11,15,18-19H,1-9,12-14,16H2,(H,23,25). The van der Waals surface area contributed by atoms with E-state index in [4.69, 9.17) is 9.47 Å². The molecule has 2 heterocycles. The van der Waals surface area contributed by atoms with Gasteiger partial charge < -0.3 is 14.8 Å². The number of ether oxygens (including phenoxy) is 2. The topological polar surface area (TPSA) is 50.8 Å². The normalized spacial score (nSPS) is 24.2. The third-order valence-corrected chi connectivity index (χ3v) is 6.13. The summed E-state index contributed by atoms with van der Waals surface area (Å²) in [5, 5.41) is 3.31. The molecule has 1 N–H and O–H groups in total. The maximum Gasteiger partial charge on any atom is 0.234 e. The highest BCUT2D eigenvalue weighted by molar-refractivity contribution is 5.78. The first kappa shape index (κ1) is 18.6. The molecule has 0 spiro atoms. The van der Waals surface area contributed by atoms with E-state index in [2.05, 4.69) is 22.3 Å². The molecule has 4 rings (SSSR count). The molecule has 2 fully saturated rings. The van der Waals surface area contributed by atoms with E-state index in [1.54, 1.807) is 0 Å². The lowest BCUT2D eigenvalue weighted by molar-refractivity contribution is -0.123. The molecule has 5 heteroatoms. The van der Waals surface area contributed by atoms with Crippen molar-refractivity contribution in [2.45, 2.75) is 69.9 Å². The van der Waals surface area contributed by atoms with Crippen LogP contribution in [0.5, 0.6) is 11.5 Å². The van der Waals surface area contributed by atoms with Crippen LogP contribution in [0.2, 0.25) is 0 Å². The van der Waals surface area contributed by atoms with Crippen molar-refractivity contribution >= 4 is 5.91 Å². The number of rotatable bonds is 4. The number of fused-ring (bicyclic) bond motifs is 1. The Morgan fingerprint density at radius 3 is 2.52 bits per heavy atom. The zero-order valence-corrected chi connectivity index (χ0v) is 16.3. The van der Waals surface area contributed by atoms with Crippen LogP contribution in [-0.4, -0.2) is 43.2 Å². The second-order valence-electron chi connectivity index (χ2n) is 8.14. The number of carbonyl (C=O) groups is 1. The average molecular weight is 373 g/mol. The van der Waals surface area contributed by atoms with Crippen molar-refractivity contribution in [1.29, 1.82) is 0 Å². The molecule has 1 atom stereocenters. The number of nitrogens with one attached hydrogen (secondary N) is 1. The highest BCUT2D eigenvalue weighted by atomic mass is 16.6. The second kappa shape index (κ2) is 8.96. The van der Waals surface area contributed by atoms with Crippen LogP contribution >= 0.6 is 0 Å². The lowest BCUT2D eigenvalue weighted by Crippen LogP contribution is -2.42. The van der Waals surface area contributed by atoms with E-state index < -0.39 is 0 Å². The average Bonchev–Trinajstić information content (AvgIpc) is 3.11. The van der Waals surface area contributed by atoms with Crippen LogP contribution < -0.4 is 14.8 Å². The van der Waals surface area contributed by atoms with Gasteiger partial charge in [0.2, 0.25) is 5.91 Å². The summed E-state index contributed by atoms with van der Waals surface area (Å²) in [6, 6.07) is 6.90. The van der Waals surface area contributed by atoms with E-state index in [-0.39, 0.29) is 5.91 Å². The Labute approximate surface area is 162 Å². The summed E-state index contributed by atoms with van der Waals surface area (Å²) in [6.07, 6.45) is 11.0. The summed E-state index contributed by atoms with van der Waals surface area (Å²) >= 11 is 0. The van der Waals surface area contributed by atoms with Crippen LogP contribution in [0, 0.1) is 0 Å². The van der Waals surface area contributed by atoms with Gasteiger partial charge in [0, 0.05) is 12.1 Å². The predicted molar refractivity (Wildman–Crippen MR) is 105 cm³/mol. The number of benzene rings is 1. The number of hydrogen-bond acceptors (Lipinski definition) is 4. The van der Waals surface area contributed by atoms with Gasteiger partial charge in [-0.1, -0.05) is 38.2 Å². The van der Waals surface area contributed by atoms with Crippen LogP contribution in [-0.2, 0) is 4.79 Å². The molecule has 1 amide bonds. The quantitative estimate of drug-likeness (QED) is 0.873. The molecule has 1 aliphatic carbocycles. The monoisotopic (exact) mass is 372 g/mol. The smallest absolute Gasteiger partial charge is 0.234 e. The minimum atomic E-state index is 0.185. The Morgan fingerprint density at radius 1 is 0.963 bits per heavy atom. The fourth-order valence-electron chi connectivity index (χ4n) is 4.72. The van der Waals surface area contributed by atoms with Gasteiger partial charge in [-0.15, -0.1) is 0 Å². The van der Waals surface area contributed by atoms with E-state index in [1.165, 1.54) is 37.7 Å². The van der Waals surface area contributed by atoms with Crippen molar-refractivity contribution in [3.63, 3.8) is 0 Å². The first-order valence-electron chi connectivity index (χ1n) is 10.7. The molecule has 0 aromatic heterocycles. The summed E-state index contributed by atoms with van der Waals surface area (Å²) in [5.74, 6) is 1.85. The molecule has 1 saturated heterocycles. The lowest BCUT2D eigenvalue weighted by Gasteiger charge is -2.27. The van der Waals surface area contributed by atoms with Crippen molar-refractivity contribution < 1.29 is 14.3 Å². The SMILES string of the molecule is O=C(CN1CCCC1c1ccc2c(c1)OCCO2)NC1CCCCCCC1. The molecule has 1 unspecified atom stereocenters. The van der Waals surface area contributed by atoms with Crippen molar-refractivity contribution in [2.75, 3.05) is 26.3 Å². The Morgan fingerprint density at radius 2 is 1.70 bits per heavy atom. The fourth-order valence-corrected chi connectivity index (χ4v) is 4.72. The molecule has 0 radical (unpaired) electrons. The first-order chi connectivity index (χ1) is 13.3. The van der Waals surface area contributed by atoms with Crippen LogP contribution in [0.3, 0.4) is 0 Å². The van der Waals surface area contributed by atoms with Gasteiger partial charge in [0.05, 0.1) is 6.54 Å². The summed E-state index contributed by atoms with van der Waals surface area (Å²) in [6.45, 7) is 2.70. The highest BCUT2D eigenvalue weighted by Crippen LogP contribution is 2.37. The molecular weight excluding hydrogens is 340 g/mol. The maximum absolute atomic E-state index is 12.7. The molecule has 1 aromatic rings. The third kappa shape index (κ3) is 4.75. The number of amides is 1. The van der Waals surface area contributed by atoms with Crippen LogP contribution in [0.4, 0.5) is 0 Å². The van der Waals surface area contributed by atoms with Gasteiger partial charge in [-0.2, -0.15) is 0 Å². The van der Waals surface area contributed by atoms with Gasteiger partial charge in [-0.3, -0.25) is 9.69 Å². The minimum Gasteiger partial charge on any atom is -0.486 e. The van der Waals surface area contributed by atoms with E-state index in [0.29, 0.717) is 31.8 Å². The van der Waals surface area contributed by atoms with Crippen molar-refractivity contribution in [3.8, 4) is 11.5 Å². The molecule has 1 aromatic carbocycles. The molecule has 148 valence electrons. The third-order valence-electron chi connectivity index (χ3n) is 6.13.